The number of methoxy groups -OCH3 is 1. The summed E-state index contributed by atoms with van der Waals surface area (Å²) in [5.41, 5.74) is 2.67. The topological polar surface area (TPSA) is 42.4 Å². The monoisotopic (exact) mass is 215 g/mol. The average molecular weight is 215 g/mol. The van der Waals surface area contributed by atoms with Crippen molar-refractivity contribution in [1.29, 1.82) is 0 Å². The van der Waals surface area contributed by atoms with Gasteiger partial charge in [0, 0.05) is 23.5 Å². The number of phenolic OH excluding ortho intramolecular Hbond substituents is 1. The van der Waals surface area contributed by atoms with E-state index >= 15 is 0 Å². The van der Waals surface area contributed by atoms with Crippen LogP contribution in [-0.4, -0.2) is 17.2 Å². The molecule has 0 amide bonds. The first-order valence-corrected chi connectivity index (χ1v) is 5.00. The zero-order chi connectivity index (χ0) is 11.5. The molecule has 0 saturated carbocycles. The first-order chi connectivity index (χ1) is 7.70. The van der Waals surface area contributed by atoms with Crippen LogP contribution in [0.4, 0.5) is 0 Å². The van der Waals surface area contributed by atoms with Gasteiger partial charge in [-0.3, -0.25) is 4.98 Å². The maximum Gasteiger partial charge on any atom is 0.123 e. The van der Waals surface area contributed by atoms with Gasteiger partial charge in [-0.2, -0.15) is 0 Å². The third-order valence-electron chi connectivity index (χ3n) is 2.39. The Morgan fingerprint density at radius 2 is 2.00 bits per heavy atom. The summed E-state index contributed by atoms with van der Waals surface area (Å²) in [6.07, 6.45) is 3.50. The summed E-state index contributed by atoms with van der Waals surface area (Å²) >= 11 is 0. The summed E-state index contributed by atoms with van der Waals surface area (Å²) in [4.78, 5) is 4.11. The Labute approximate surface area is 94.3 Å². The predicted molar refractivity (Wildman–Crippen MR) is 62.6 cm³/mol. The summed E-state index contributed by atoms with van der Waals surface area (Å²) in [7, 11) is 1.60. The van der Waals surface area contributed by atoms with Crippen LogP contribution in [0.2, 0.25) is 0 Å². The van der Waals surface area contributed by atoms with Gasteiger partial charge in [0.25, 0.3) is 0 Å². The number of aromatic nitrogens is 1. The number of hydrogen-bond donors (Lipinski definition) is 1. The van der Waals surface area contributed by atoms with Crippen LogP contribution >= 0.6 is 0 Å². The van der Waals surface area contributed by atoms with E-state index in [0.29, 0.717) is 5.75 Å². The van der Waals surface area contributed by atoms with E-state index in [-0.39, 0.29) is 5.75 Å². The van der Waals surface area contributed by atoms with Crippen LogP contribution in [0.15, 0.2) is 36.7 Å². The fraction of sp³-hybridized carbons (Fsp3) is 0.154. The molecule has 0 aliphatic rings. The van der Waals surface area contributed by atoms with E-state index in [1.54, 1.807) is 37.7 Å². The van der Waals surface area contributed by atoms with Crippen LogP contribution in [0.5, 0.6) is 11.5 Å². The Morgan fingerprint density at radius 3 is 2.69 bits per heavy atom. The summed E-state index contributed by atoms with van der Waals surface area (Å²) < 4.78 is 5.13. The molecular weight excluding hydrogens is 202 g/mol. The summed E-state index contributed by atoms with van der Waals surface area (Å²) in [6.45, 7) is 1.97. The largest absolute Gasteiger partial charge is 0.507 e. The average Bonchev–Trinajstić information content (AvgIpc) is 2.30. The first-order valence-electron chi connectivity index (χ1n) is 5.00. The van der Waals surface area contributed by atoms with Gasteiger partial charge >= 0.3 is 0 Å². The lowest BCUT2D eigenvalue weighted by Crippen LogP contribution is -1.86. The molecule has 0 radical (unpaired) electrons. The SMILES string of the molecule is COc1ccc(O)c(-c2cncc(C)c2)c1. The first kappa shape index (κ1) is 10.5. The second kappa shape index (κ2) is 4.23. The lowest BCUT2D eigenvalue weighted by molar-refractivity contribution is 0.412. The second-order valence-corrected chi connectivity index (χ2v) is 3.63. The van der Waals surface area contributed by atoms with Crippen molar-refractivity contribution in [1.82, 2.24) is 4.98 Å². The summed E-state index contributed by atoms with van der Waals surface area (Å²) in [5, 5.41) is 9.79. The lowest BCUT2D eigenvalue weighted by Gasteiger charge is -2.07. The molecule has 3 heteroatoms. The van der Waals surface area contributed by atoms with E-state index in [1.165, 1.54) is 0 Å². The molecule has 0 aliphatic carbocycles. The molecule has 0 fully saturated rings. The van der Waals surface area contributed by atoms with Gasteiger partial charge in [0.2, 0.25) is 0 Å². The fourth-order valence-corrected chi connectivity index (χ4v) is 1.58. The van der Waals surface area contributed by atoms with Crippen molar-refractivity contribution in [2.45, 2.75) is 6.92 Å². The molecule has 2 aromatic rings. The van der Waals surface area contributed by atoms with Crippen molar-refractivity contribution in [3.8, 4) is 22.6 Å². The molecule has 1 N–H and O–H groups in total. The number of rotatable bonds is 2. The Hall–Kier alpha value is -2.03. The number of hydrogen-bond acceptors (Lipinski definition) is 3. The van der Waals surface area contributed by atoms with Crippen molar-refractivity contribution >= 4 is 0 Å². The van der Waals surface area contributed by atoms with Crippen molar-refractivity contribution in [2.24, 2.45) is 0 Å². The van der Waals surface area contributed by atoms with Gasteiger partial charge in [-0.1, -0.05) is 0 Å². The normalized spacial score (nSPS) is 10.1. The van der Waals surface area contributed by atoms with Crippen LogP contribution in [-0.2, 0) is 0 Å². The molecule has 82 valence electrons. The van der Waals surface area contributed by atoms with E-state index in [0.717, 1.165) is 16.7 Å². The van der Waals surface area contributed by atoms with Gasteiger partial charge in [-0.25, -0.2) is 0 Å². The molecule has 2 rings (SSSR count). The molecule has 0 atom stereocenters. The molecule has 0 aliphatic heterocycles. The van der Waals surface area contributed by atoms with Crippen molar-refractivity contribution < 1.29 is 9.84 Å². The van der Waals surface area contributed by atoms with E-state index < -0.39 is 0 Å². The Balaban J connectivity index is 2.54. The van der Waals surface area contributed by atoms with E-state index in [9.17, 15) is 5.11 Å². The van der Waals surface area contributed by atoms with E-state index in [1.807, 2.05) is 13.0 Å². The number of ether oxygens (including phenoxy) is 1. The van der Waals surface area contributed by atoms with Crippen LogP contribution in [0.1, 0.15) is 5.56 Å². The maximum absolute atomic E-state index is 9.79. The minimum atomic E-state index is 0.230. The minimum absolute atomic E-state index is 0.230. The minimum Gasteiger partial charge on any atom is -0.507 e. The molecule has 3 nitrogen and oxygen atoms in total. The smallest absolute Gasteiger partial charge is 0.123 e. The predicted octanol–water partition coefficient (Wildman–Crippen LogP) is 2.77. The Morgan fingerprint density at radius 1 is 1.19 bits per heavy atom. The molecule has 1 aromatic carbocycles. The molecule has 16 heavy (non-hydrogen) atoms. The van der Waals surface area contributed by atoms with Gasteiger partial charge in [-0.05, 0) is 36.8 Å². The maximum atomic E-state index is 9.79. The van der Waals surface area contributed by atoms with Gasteiger partial charge in [0.05, 0.1) is 7.11 Å². The van der Waals surface area contributed by atoms with Crippen LogP contribution < -0.4 is 4.74 Å². The number of phenols is 1. The summed E-state index contributed by atoms with van der Waals surface area (Å²) in [5.74, 6) is 0.947. The lowest BCUT2D eigenvalue weighted by atomic mass is 10.1. The van der Waals surface area contributed by atoms with Crippen LogP contribution in [0.25, 0.3) is 11.1 Å². The number of pyridine rings is 1. The highest BCUT2D eigenvalue weighted by Crippen LogP contribution is 2.32. The molecular formula is C13H13NO2. The highest BCUT2D eigenvalue weighted by Gasteiger charge is 2.06. The molecule has 0 unspecified atom stereocenters. The molecule has 0 bridgehead atoms. The number of benzene rings is 1. The molecule has 0 spiro atoms. The second-order valence-electron chi connectivity index (χ2n) is 3.63. The fourth-order valence-electron chi connectivity index (χ4n) is 1.58. The number of aryl methyl sites for hydroxylation is 1. The van der Waals surface area contributed by atoms with E-state index in [4.69, 9.17) is 4.74 Å². The number of aromatic hydroxyl groups is 1. The molecule has 0 saturated heterocycles. The van der Waals surface area contributed by atoms with Gasteiger partial charge < -0.3 is 9.84 Å². The highest BCUT2D eigenvalue weighted by atomic mass is 16.5. The molecule has 1 aromatic heterocycles. The quantitative estimate of drug-likeness (QED) is 0.837. The third-order valence-corrected chi connectivity index (χ3v) is 2.39. The van der Waals surface area contributed by atoms with Gasteiger partial charge in [0.15, 0.2) is 0 Å². The van der Waals surface area contributed by atoms with Gasteiger partial charge in [0.1, 0.15) is 11.5 Å². The zero-order valence-corrected chi connectivity index (χ0v) is 9.27. The van der Waals surface area contributed by atoms with Crippen molar-refractivity contribution in [3.63, 3.8) is 0 Å². The van der Waals surface area contributed by atoms with Crippen LogP contribution in [0, 0.1) is 6.92 Å². The molecule has 1 heterocycles. The Kier molecular flexibility index (Phi) is 2.77. The van der Waals surface area contributed by atoms with Gasteiger partial charge in [-0.15, -0.1) is 0 Å². The highest BCUT2D eigenvalue weighted by molar-refractivity contribution is 5.71. The summed E-state index contributed by atoms with van der Waals surface area (Å²) in [6, 6.07) is 7.12. The van der Waals surface area contributed by atoms with Crippen LogP contribution in [0.3, 0.4) is 0 Å². The standard InChI is InChI=1S/C13H13NO2/c1-9-5-10(8-14-7-9)12-6-11(16-2)3-4-13(12)15/h3-8,15H,1-2H3. The van der Waals surface area contributed by atoms with Crippen molar-refractivity contribution in [2.75, 3.05) is 7.11 Å². The van der Waals surface area contributed by atoms with Crippen molar-refractivity contribution in [3.05, 3.63) is 42.2 Å². The zero-order valence-electron chi connectivity index (χ0n) is 9.27. The number of nitrogens with zero attached hydrogens (tertiary/aromatic N) is 1. The van der Waals surface area contributed by atoms with E-state index in [2.05, 4.69) is 4.98 Å². The Bertz CT molecular complexity index is 509. The third kappa shape index (κ3) is 1.98.